The van der Waals surface area contributed by atoms with E-state index in [9.17, 15) is 0 Å². The molecule has 0 bridgehead atoms. The number of thiocarbonyl (C=S) groups is 1. The molecule has 0 radical (unpaired) electrons. The zero-order valence-corrected chi connectivity index (χ0v) is 12.1. The first-order valence-electron chi connectivity index (χ1n) is 6.13. The average molecular weight is 280 g/mol. The highest BCUT2D eigenvalue weighted by Crippen LogP contribution is 2.17. The molecule has 1 aromatic rings. The molecule has 0 aliphatic rings. The fraction of sp³-hybridized carbons (Fsp3) is 0.385. The number of hydrogen-bond acceptors (Lipinski definition) is 3. The SMILES string of the molecule is CCCCN(C(N)=S)C(N)=Nc1ccc(OC)cc1. The monoisotopic (exact) mass is 280 g/mol. The van der Waals surface area contributed by atoms with E-state index < -0.39 is 0 Å². The summed E-state index contributed by atoms with van der Waals surface area (Å²) >= 11 is 4.99. The standard InChI is InChI=1S/C13H20N4OS/c1-3-4-9-17(13(15)19)12(14)16-10-5-7-11(18-2)8-6-10/h5-8H,3-4,9H2,1-2H3,(H2,14,16)(H2,15,19). The second-order valence-corrected chi connectivity index (χ2v) is 4.43. The van der Waals surface area contributed by atoms with E-state index in [1.54, 1.807) is 12.0 Å². The van der Waals surface area contributed by atoms with Crippen LogP contribution in [0.25, 0.3) is 0 Å². The third-order valence-electron chi connectivity index (χ3n) is 2.59. The van der Waals surface area contributed by atoms with E-state index in [1.807, 2.05) is 24.3 Å². The van der Waals surface area contributed by atoms with Gasteiger partial charge in [0.15, 0.2) is 5.11 Å². The molecule has 0 heterocycles. The van der Waals surface area contributed by atoms with E-state index in [0.717, 1.165) is 24.3 Å². The lowest BCUT2D eigenvalue weighted by Gasteiger charge is -2.21. The first-order chi connectivity index (χ1) is 9.08. The number of methoxy groups -OCH3 is 1. The third kappa shape index (κ3) is 4.75. The van der Waals surface area contributed by atoms with Crippen molar-refractivity contribution in [3.05, 3.63) is 24.3 Å². The Morgan fingerprint density at radius 1 is 1.32 bits per heavy atom. The zero-order valence-electron chi connectivity index (χ0n) is 11.3. The van der Waals surface area contributed by atoms with Crippen LogP contribution in [0.2, 0.25) is 0 Å². The Morgan fingerprint density at radius 3 is 2.42 bits per heavy atom. The number of nitrogens with zero attached hydrogens (tertiary/aromatic N) is 2. The van der Waals surface area contributed by atoms with Crippen molar-refractivity contribution in [2.75, 3.05) is 13.7 Å². The maximum atomic E-state index is 5.94. The second kappa shape index (κ2) is 7.58. The molecule has 6 heteroatoms. The highest BCUT2D eigenvalue weighted by atomic mass is 32.1. The van der Waals surface area contributed by atoms with Crippen LogP contribution < -0.4 is 16.2 Å². The molecule has 0 saturated carbocycles. The van der Waals surface area contributed by atoms with Crippen LogP contribution in [-0.2, 0) is 0 Å². The summed E-state index contributed by atoms with van der Waals surface area (Å²) in [5, 5.41) is 0.239. The molecular weight excluding hydrogens is 260 g/mol. The highest BCUT2D eigenvalue weighted by molar-refractivity contribution is 7.80. The third-order valence-corrected chi connectivity index (χ3v) is 2.81. The first kappa shape index (κ1) is 15.2. The van der Waals surface area contributed by atoms with Gasteiger partial charge in [0, 0.05) is 6.54 Å². The number of unbranched alkanes of at least 4 members (excludes halogenated alkanes) is 1. The molecule has 0 unspecified atom stereocenters. The molecule has 0 aliphatic carbocycles. The summed E-state index contributed by atoms with van der Waals surface area (Å²) in [6.07, 6.45) is 1.99. The van der Waals surface area contributed by atoms with E-state index in [4.69, 9.17) is 28.4 Å². The van der Waals surface area contributed by atoms with E-state index in [0.29, 0.717) is 12.5 Å². The molecule has 4 N–H and O–H groups in total. The minimum absolute atomic E-state index is 0.239. The van der Waals surface area contributed by atoms with Gasteiger partial charge < -0.3 is 16.2 Å². The Bertz CT molecular complexity index is 444. The second-order valence-electron chi connectivity index (χ2n) is 4.01. The molecule has 19 heavy (non-hydrogen) atoms. The molecule has 1 rings (SSSR count). The number of ether oxygens (including phenoxy) is 1. The first-order valence-corrected chi connectivity index (χ1v) is 6.54. The number of rotatable bonds is 5. The summed E-state index contributed by atoms with van der Waals surface area (Å²) in [5.41, 5.74) is 12.3. The van der Waals surface area contributed by atoms with Gasteiger partial charge in [-0.05, 0) is 42.9 Å². The Hall–Kier alpha value is -1.82. The molecule has 0 fully saturated rings. The van der Waals surface area contributed by atoms with Crippen molar-refractivity contribution in [1.29, 1.82) is 0 Å². The lowest BCUT2D eigenvalue weighted by atomic mass is 10.3. The Labute approximate surface area is 119 Å². The molecule has 0 aliphatic heterocycles. The lowest BCUT2D eigenvalue weighted by molar-refractivity contribution is 0.415. The smallest absolute Gasteiger partial charge is 0.202 e. The zero-order chi connectivity index (χ0) is 14.3. The summed E-state index contributed by atoms with van der Waals surface area (Å²) < 4.78 is 5.08. The van der Waals surface area contributed by atoms with Crippen molar-refractivity contribution in [1.82, 2.24) is 4.90 Å². The number of benzene rings is 1. The number of guanidine groups is 1. The van der Waals surface area contributed by atoms with Crippen LogP contribution in [0.15, 0.2) is 29.3 Å². The molecule has 0 atom stereocenters. The molecule has 1 aromatic carbocycles. The quantitative estimate of drug-likeness (QED) is 0.490. The topological polar surface area (TPSA) is 76.9 Å². The maximum Gasteiger partial charge on any atom is 0.202 e. The van der Waals surface area contributed by atoms with E-state index in [-0.39, 0.29) is 5.11 Å². The number of aliphatic imine (C=N–C) groups is 1. The van der Waals surface area contributed by atoms with Gasteiger partial charge in [0.2, 0.25) is 5.96 Å². The van der Waals surface area contributed by atoms with Crippen LogP contribution in [0.3, 0.4) is 0 Å². The van der Waals surface area contributed by atoms with Crippen molar-refractivity contribution in [3.63, 3.8) is 0 Å². The van der Waals surface area contributed by atoms with Gasteiger partial charge >= 0.3 is 0 Å². The van der Waals surface area contributed by atoms with E-state index in [2.05, 4.69) is 11.9 Å². The van der Waals surface area contributed by atoms with Crippen LogP contribution in [0.1, 0.15) is 19.8 Å². The summed E-state index contributed by atoms with van der Waals surface area (Å²) in [5.74, 6) is 1.08. The van der Waals surface area contributed by atoms with Gasteiger partial charge in [0.05, 0.1) is 12.8 Å². The van der Waals surface area contributed by atoms with E-state index >= 15 is 0 Å². The molecule has 0 amide bonds. The summed E-state index contributed by atoms with van der Waals surface area (Å²) in [4.78, 5) is 5.95. The molecule has 0 aromatic heterocycles. The van der Waals surface area contributed by atoms with Crippen molar-refractivity contribution >= 4 is 29.0 Å². The molecule has 5 nitrogen and oxygen atoms in total. The fourth-order valence-electron chi connectivity index (χ4n) is 1.50. The van der Waals surface area contributed by atoms with Gasteiger partial charge in [-0.25, -0.2) is 4.99 Å². The Morgan fingerprint density at radius 2 is 1.95 bits per heavy atom. The van der Waals surface area contributed by atoms with Gasteiger partial charge in [-0.2, -0.15) is 0 Å². The predicted molar refractivity (Wildman–Crippen MR) is 82.7 cm³/mol. The molecular formula is C13H20N4OS. The van der Waals surface area contributed by atoms with Gasteiger partial charge in [-0.3, -0.25) is 4.90 Å². The van der Waals surface area contributed by atoms with E-state index in [1.165, 1.54) is 0 Å². The Balaban J connectivity index is 2.84. The van der Waals surface area contributed by atoms with Crippen molar-refractivity contribution < 1.29 is 4.74 Å². The van der Waals surface area contributed by atoms with Crippen molar-refractivity contribution in [3.8, 4) is 5.75 Å². The van der Waals surface area contributed by atoms with Crippen molar-refractivity contribution in [2.45, 2.75) is 19.8 Å². The number of nitrogens with two attached hydrogens (primary N) is 2. The minimum Gasteiger partial charge on any atom is -0.497 e. The van der Waals surface area contributed by atoms with Crippen LogP contribution >= 0.6 is 12.2 Å². The van der Waals surface area contributed by atoms with Gasteiger partial charge in [-0.1, -0.05) is 13.3 Å². The largest absolute Gasteiger partial charge is 0.497 e. The molecule has 0 saturated heterocycles. The van der Waals surface area contributed by atoms with Crippen LogP contribution in [0, 0.1) is 0 Å². The van der Waals surface area contributed by atoms with Crippen LogP contribution in [0.4, 0.5) is 5.69 Å². The van der Waals surface area contributed by atoms with Gasteiger partial charge in [0.1, 0.15) is 5.75 Å². The predicted octanol–water partition coefficient (Wildman–Crippen LogP) is 1.99. The van der Waals surface area contributed by atoms with Crippen LogP contribution in [0.5, 0.6) is 5.75 Å². The summed E-state index contributed by atoms with van der Waals surface area (Å²) in [6.45, 7) is 2.77. The highest BCUT2D eigenvalue weighted by Gasteiger charge is 2.10. The normalized spacial score (nSPS) is 11.2. The van der Waals surface area contributed by atoms with Crippen LogP contribution in [-0.4, -0.2) is 29.6 Å². The summed E-state index contributed by atoms with van der Waals surface area (Å²) in [6, 6.07) is 7.29. The Kier molecular flexibility index (Phi) is 6.08. The lowest BCUT2D eigenvalue weighted by Crippen LogP contribution is -2.45. The molecule has 0 spiro atoms. The summed E-state index contributed by atoms with van der Waals surface area (Å²) in [7, 11) is 1.62. The van der Waals surface area contributed by atoms with Gasteiger partial charge in [-0.15, -0.1) is 0 Å². The number of hydrogen-bond donors (Lipinski definition) is 2. The minimum atomic E-state index is 0.239. The fourth-order valence-corrected chi connectivity index (χ4v) is 1.69. The van der Waals surface area contributed by atoms with Crippen molar-refractivity contribution in [2.24, 2.45) is 16.5 Å². The average Bonchev–Trinajstić information content (AvgIpc) is 2.39. The molecule has 104 valence electrons. The van der Waals surface area contributed by atoms with Gasteiger partial charge in [0.25, 0.3) is 0 Å². The maximum absolute atomic E-state index is 5.94.